The van der Waals surface area contributed by atoms with E-state index < -0.39 is 6.04 Å². The number of anilines is 1. The SMILES string of the molecule is COC(=O)C(Nc1ccccc1)c1cscn1. The zero-order valence-electron chi connectivity index (χ0n) is 9.29. The van der Waals surface area contributed by atoms with Gasteiger partial charge < -0.3 is 10.1 Å². The average Bonchev–Trinajstić information content (AvgIpc) is 2.90. The zero-order chi connectivity index (χ0) is 12.1. The van der Waals surface area contributed by atoms with E-state index in [2.05, 4.69) is 10.3 Å². The molecule has 17 heavy (non-hydrogen) atoms. The molecule has 1 aromatic carbocycles. The lowest BCUT2D eigenvalue weighted by molar-refractivity contribution is -0.141. The molecule has 1 unspecified atom stereocenters. The summed E-state index contributed by atoms with van der Waals surface area (Å²) in [6.07, 6.45) is 0. The highest BCUT2D eigenvalue weighted by Crippen LogP contribution is 2.20. The Morgan fingerprint density at radius 3 is 2.76 bits per heavy atom. The number of hydrogen-bond donors (Lipinski definition) is 1. The minimum atomic E-state index is -0.561. The number of ether oxygens (including phenoxy) is 1. The van der Waals surface area contributed by atoms with Crippen LogP contribution in [0.5, 0.6) is 0 Å². The standard InChI is InChI=1S/C12H12N2O2S/c1-16-12(15)11(10-7-17-8-13-10)14-9-5-3-2-4-6-9/h2-8,11,14H,1H3. The summed E-state index contributed by atoms with van der Waals surface area (Å²) in [6.45, 7) is 0. The van der Waals surface area contributed by atoms with Gasteiger partial charge in [-0.25, -0.2) is 9.78 Å². The Balaban J connectivity index is 2.20. The maximum atomic E-state index is 11.7. The lowest BCUT2D eigenvalue weighted by Gasteiger charge is -2.15. The van der Waals surface area contributed by atoms with E-state index in [4.69, 9.17) is 4.74 Å². The fourth-order valence-corrected chi connectivity index (χ4v) is 2.02. The van der Waals surface area contributed by atoms with Gasteiger partial charge in [-0.2, -0.15) is 0 Å². The molecule has 1 aromatic heterocycles. The van der Waals surface area contributed by atoms with Crippen molar-refractivity contribution in [3.8, 4) is 0 Å². The third-order valence-corrected chi connectivity index (χ3v) is 2.87. The van der Waals surface area contributed by atoms with Crippen molar-refractivity contribution >= 4 is 23.0 Å². The van der Waals surface area contributed by atoms with Gasteiger partial charge in [0, 0.05) is 11.1 Å². The van der Waals surface area contributed by atoms with Gasteiger partial charge in [0.1, 0.15) is 0 Å². The monoisotopic (exact) mass is 248 g/mol. The van der Waals surface area contributed by atoms with Crippen molar-refractivity contribution in [1.29, 1.82) is 0 Å². The van der Waals surface area contributed by atoms with Crippen molar-refractivity contribution in [1.82, 2.24) is 4.98 Å². The van der Waals surface area contributed by atoms with Gasteiger partial charge >= 0.3 is 5.97 Å². The average molecular weight is 248 g/mol. The molecule has 0 saturated carbocycles. The Hall–Kier alpha value is -1.88. The molecule has 0 saturated heterocycles. The number of nitrogens with zero attached hydrogens (tertiary/aromatic N) is 1. The first kappa shape index (κ1) is 11.6. The molecule has 0 aliphatic rings. The Kier molecular flexibility index (Phi) is 3.72. The number of benzene rings is 1. The molecule has 2 rings (SSSR count). The molecule has 0 aliphatic carbocycles. The smallest absolute Gasteiger partial charge is 0.334 e. The van der Waals surface area contributed by atoms with Crippen LogP contribution in [0.25, 0.3) is 0 Å². The molecular formula is C12H12N2O2S. The van der Waals surface area contributed by atoms with Gasteiger partial charge in [0.15, 0.2) is 6.04 Å². The molecular weight excluding hydrogens is 236 g/mol. The molecule has 1 N–H and O–H groups in total. The van der Waals surface area contributed by atoms with Crippen LogP contribution in [0.4, 0.5) is 5.69 Å². The van der Waals surface area contributed by atoms with E-state index in [-0.39, 0.29) is 5.97 Å². The summed E-state index contributed by atoms with van der Waals surface area (Å²) in [7, 11) is 1.37. The lowest BCUT2D eigenvalue weighted by Crippen LogP contribution is -2.22. The minimum Gasteiger partial charge on any atom is -0.467 e. The van der Waals surface area contributed by atoms with Crippen LogP contribution in [-0.2, 0) is 9.53 Å². The molecule has 5 heteroatoms. The van der Waals surface area contributed by atoms with E-state index in [1.54, 1.807) is 5.51 Å². The van der Waals surface area contributed by atoms with Crippen LogP contribution in [-0.4, -0.2) is 18.1 Å². The maximum Gasteiger partial charge on any atom is 0.334 e. The lowest BCUT2D eigenvalue weighted by atomic mass is 10.2. The predicted molar refractivity (Wildman–Crippen MR) is 66.9 cm³/mol. The molecule has 88 valence electrons. The third kappa shape index (κ3) is 2.82. The quantitative estimate of drug-likeness (QED) is 0.844. The first-order valence-electron chi connectivity index (χ1n) is 5.09. The highest BCUT2D eigenvalue weighted by molar-refractivity contribution is 7.07. The highest BCUT2D eigenvalue weighted by Gasteiger charge is 2.22. The second-order valence-corrected chi connectivity index (χ2v) is 4.10. The molecule has 0 radical (unpaired) electrons. The molecule has 0 amide bonds. The van der Waals surface area contributed by atoms with Gasteiger partial charge in [-0.3, -0.25) is 0 Å². The van der Waals surface area contributed by atoms with Crippen LogP contribution in [0, 0.1) is 0 Å². The summed E-state index contributed by atoms with van der Waals surface area (Å²) in [5.41, 5.74) is 3.22. The molecule has 0 spiro atoms. The van der Waals surface area contributed by atoms with Crippen molar-refractivity contribution in [3.63, 3.8) is 0 Å². The number of nitrogens with one attached hydrogen (secondary N) is 1. The zero-order valence-corrected chi connectivity index (χ0v) is 10.1. The summed E-state index contributed by atoms with van der Waals surface area (Å²) < 4.78 is 4.77. The van der Waals surface area contributed by atoms with Crippen molar-refractivity contribution in [2.24, 2.45) is 0 Å². The Morgan fingerprint density at radius 2 is 2.18 bits per heavy atom. The number of hydrogen-bond acceptors (Lipinski definition) is 5. The van der Waals surface area contributed by atoms with Gasteiger partial charge in [0.25, 0.3) is 0 Å². The van der Waals surface area contributed by atoms with Gasteiger partial charge in [-0.1, -0.05) is 18.2 Å². The molecule has 2 aromatic rings. The highest BCUT2D eigenvalue weighted by atomic mass is 32.1. The van der Waals surface area contributed by atoms with Crippen LogP contribution >= 0.6 is 11.3 Å². The van der Waals surface area contributed by atoms with Crippen LogP contribution < -0.4 is 5.32 Å². The Morgan fingerprint density at radius 1 is 1.41 bits per heavy atom. The summed E-state index contributed by atoms with van der Waals surface area (Å²) >= 11 is 1.45. The Labute approximate surface area is 103 Å². The van der Waals surface area contributed by atoms with E-state index in [1.807, 2.05) is 35.7 Å². The number of aromatic nitrogens is 1. The van der Waals surface area contributed by atoms with Crippen LogP contribution in [0.3, 0.4) is 0 Å². The first-order valence-corrected chi connectivity index (χ1v) is 6.03. The summed E-state index contributed by atoms with van der Waals surface area (Å²) in [6, 6.07) is 8.94. The second kappa shape index (κ2) is 5.45. The van der Waals surface area contributed by atoms with Crippen LogP contribution in [0.1, 0.15) is 11.7 Å². The van der Waals surface area contributed by atoms with Gasteiger partial charge in [0.2, 0.25) is 0 Å². The molecule has 1 heterocycles. The summed E-state index contributed by atoms with van der Waals surface area (Å²) in [5, 5.41) is 4.93. The van der Waals surface area contributed by atoms with Gasteiger partial charge in [-0.15, -0.1) is 11.3 Å². The molecule has 0 fully saturated rings. The van der Waals surface area contributed by atoms with E-state index >= 15 is 0 Å². The van der Waals surface area contributed by atoms with Crippen molar-refractivity contribution < 1.29 is 9.53 Å². The van der Waals surface area contributed by atoms with E-state index in [1.165, 1.54) is 18.4 Å². The Bertz CT molecular complexity index is 471. The summed E-state index contributed by atoms with van der Waals surface area (Å²) in [5.74, 6) is -0.347. The number of esters is 1. The van der Waals surface area contributed by atoms with E-state index in [9.17, 15) is 4.79 Å². The van der Waals surface area contributed by atoms with Crippen LogP contribution in [0.2, 0.25) is 0 Å². The predicted octanol–water partition coefficient (Wildman–Crippen LogP) is 2.47. The summed E-state index contributed by atoms with van der Waals surface area (Å²) in [4.78, 5) is 15.8. The number of thiazole rings is 1. The largest absolute Gasteiger partial charge is 0.467 e. The van der Waals surface area contributed by atoms with Crippen molar-refractivity contribution in [2.45, 2.75) is 6.04 Å². The molecule has 0 aliphatic heterocycles. The first-order chi connectivity index (χ1) is 8.31. The van der Waals surface area contributed by atoms with Crippen LogP contribution in [0.15, 0.2) is 41.2 Å². The maximum absolute atomic E-state index is 11.7. The third-order valence-electron chi connectivity index (χ3n) is 2.27. The fraction of sp³-hybridized carbons (Fsp3) is 0.167. The topological polar surface area (TPSA) is 51.2 Å². The molecule has 0 bridgehead atoms. The second-order valence-electron chi connectivity index (χ2n) is 3.38. The number of para-hydroxylation sites is 1. The number of methoxy groups -OCH3 is 1. The molecule has 4 nitrogen and oxygen atoms in total. The number of rotatable bonds is 4. The van der Waals surface area contributed by atoms with Crippen molar-refractivity contribution in [2.75, 3.05) is 12.4 Å². The van der Waals surface area contributed by atoms with Gasteiger partial charge in [0.05, 0.1) is 18.3 Å². The number of carbonyl (C=O) groups is 1. The molecule has 1 atom stereocenters. The minimum absolute atomic E-state index is 0.347. The number of carbonyl (C=O) groups excluding carboxylic acids is 1. The van der Waals surface area contributed by atoms with E-state index in [0.29, 0.717) is 5.69 Å². The van der Waals surface area contributed by atoms with Crippen molar-refractivity contribution in [3.05, 3.63) is 46.9 Å². The van der Waals surface area contributed by atoms with Gasteiger partial charge in [-0.05, 0) is 12.1 Å². The fourth-order valence-electron chi connectivity index (χ4n) is 1.44. The normalized spacial score (nSPS) is 11.8. The van der Waals surface area contributed by atoms with E-state index in [0.717, 1.165) is 5.69 Å².